The van der Waals surface area contributed by atoms with Gasteiger partial charge >= 0.3 is 0 Å². The summed E-state index contributed by atoms with van der Waals surface area (Å²) in [5, 5.41) is 4.89. The van der Waals surface area contributed by atoms with Gasteiger partial charge in [-0.15, -0.1) is 11.3 Å². The van der Waals surface area contributed by atoms with Gasteiger partial charge in [0.15, 0.2) is 17.5 Å². The molecule has 4 nitrogen and oxygen atoms in total. The first-order chi connectivity index (χ1) is 34.2. The van der Waals surface area contributed by atoms with Crippen molar-refractivity contribution in [3.05, 3.63) is 265 Å². The fourth-order valence-electron chi connectivity index (χ4n) is 11.2. The second kappa shape index (κ2) is 15.7. The van der Waals surface area contributed by atoms with Gasteiger partial charge in [0.2, 0.25) is 0 Å². The van der Waals surface area contributed by atoms with E-state index in [9.17, 15) is 0 Å². The first kappa shape index (κ1) is 39.4. The second-order valence-corrected chi connectivity index (χ2v) is 18.9. The van der Waals surface area contributed by atoms with Crippen LogP contribution in [0.4, 0.5) is 0 Å². The van der Waals surface area contributed by atoms with E-state index < -0.39 is 5.41 Å². The van der Waals surface area contributed by atoms with Crippen LogP contribution in [0, 0.1) is 0 Å². The summed E-state index contributed by atoms with van der Waals surface area (Å²) in [6, 6.07) is 87.4. The monoisotopic (exact) mass is 896 g/mol. The van der Waals surface area contributed by atoms with E-state index >= 15 is 0 Å². The van der Waals surface area contributed by atoms with Crippen LogP contribution in [0.1, 0.15) is 22.3 Å². The van der Waals surface area contributed by atoms with E-state index in [1.807, 2.05) is 0 Å². The minimum absolute atomic E-state index is 0.554. The van der Waals surface area contributed by atoms with Gasteiger partial charge in [0, 0.05) is 53.3 Å². The molecule has 0 spiro atoms. The highest BCUT2D eigenvalue weighted by Gasteiger charge is 2.47. The summed E-state index contributed by atoms with van der Waals surface area (Å²) < 4.78 is 4.76. The summed E-state index contributed by atoms with van der Waals surface area (Å²) in [6.45, 7) is 0. The number of benzene rings is 10. The summed E-state index contributed by atoms with van der Waals surface area (Å²) in [7, 11) is 0. The molecule has 5 heteroatoms. The van der Waals surface area contributed by atoms with Gasteiger partial charge in [0.05, 0.1) is 16.4 Å². The Morgan fingerprint density at radius 2 is 0.884 bits per heavy atom. The van der Waals surface area contributed by atoms with Gasteiger partial charge in [-0.05, 0) is 87.0 Å². The highest BCUT2D eigenvalue weighted by atomic mass is 32.1. The molecule has 0 saturated carbocycles. The van der Waals surface area contributed by atoms with E-state index in [2.05, 4.69) is 247 Å². The molecular formula is C64H40N4S. The van der Waals surface area contributed by atoms with E-state index in [4.69, 9.17) is 15.0 Å². The normalized spacial score (nSPS) is 12.8. The average molecular weight is 897 g/mol. The standard InChI is InChI=1S/C64H40N4S/c1-4-18-44(19-5-1)64(45-20-6-2-7-21-45)54-30-13-10-26-50(54)59-51(28-17-31-55(59)64)62-65-61(66-63(67-62)52-29-16-27-49-48-25-12-15-33-58(48)69-60(49)52)42-36-34-41(35-37-42)43-38-39-57-53(40-43)47-24-11-14-32-56(47)68(57)46-22-8-3-9-23-46/h1-40H. The van der Waals surface area contributed by atoms with Crippen LogP contribution in [0.3, 0.4) is 0 Å². The number of hydrogen-bond donors (Lipinski definition) is 0. The molecular weight excluding hydrogens is 857 g/mol. The Hall–Kier alpha value is -8.77. The number of fused-ring (bicyclic) bond motifs is 9. The van der Waals surface area contributed by atoms with E-state index in [0.717, 1.165) is 43.8 Å². The number of hydrogen-bond acceptors (Lipinski definition) is 4. The van der Waals surface area contributed by atoms with Crippen LogP contribution in [0.2, 0.25) is 0 Å². The topological polar surface area (TPSA) is 43.6 Å². The predicted octanol–water partition coefficient (Wildman–Crippen LogP) is 16.4. The van der Waals surface area contributed by atoms with Crippen LogP contribution in [0.25, 0.3) is 104 Å². The molecule has 0 radical (unpaired) electrons. The highest BCUT2D eigenvalue weighted by molar-refractivity contribution is 7.26. The summed E-state index contributed by atoms with van der Waals surface area (Å²) in [5.74, 6) is 1.92. The Bertz CT molecular complexity index is 4080. The van der Waals surface area contributed by atoms with Gasteiger partial charge in [0.1, 0.15) is 0 Å². The SMILES string of the molecule is c1ccc(-n2c3ccccc3c3cc(-c4ccc(-c5nc(-c6cccc7c6-c6ccccc6C7(c6ccccc6)c6ccccc6)nc(-c6cccc7c6sc6ccccc67)n5)cc4)ccc32)cc1. The van der Waals surface area contributed by atoms with Crippen LogP contribution >= 0.6 is 11.3 Å². The number of thiophene rings is 1. The van der Waals surface area contributed by atoms with Crippen molar-refractivity contribution in [1.82, 2.24) is 19.5 Å². The molecule has 3 heterocycles. The van der Waals surface area contributed by atoms with E-state index in [1.165, 1.54) is 65.1 Å². The molecule has 0 bridgehead atoms. The third kappa shape index (κ3) is 6.04. The molecule has 14 rings (SSSR count). The Balaban J connectivity index is 0.960. The number of nitrogens with zero attached hydrogens (tertiary/aromatic N) is 4. The number of para-hydroxylation sites is 2. The van der Waals surface area contributed by atoms with Gasteiger partial charge in [-0.1, -0.05) is 200 Å². The van der Waals surface area contributed by atoms with Gasteiger partial charge in [-0.2, -0.15) is 0 Å². The zero-order valence-corrected chi connectivity index (χ0v) is 38.1. The first-order valence-electron chi connectivity index (χ1n) is 23.4. The summed E-state index contributed by atoms with van der Waals surface area (Å²) >= 11 is 1.79. The average Bonchev–Trinajstić information content (AvgIpc) is 4.08. The van der Waals surface area contributed by atoms with Gasteiger partial charge in [-0.25, -0.2) is 15.0 Å². The summed E-state index contributed by atoms with van der Waals surface area (Å²) in [4.78, 5) is 16.3. The molecule has 3 aromatic heterocycles. The molecule has 0 saturated heterocycles. The lowest BCUT2D eigenvalue weighted by atomic mass is 9.67. The Morgan fingerprint density at radius 1 is 0.348 bits per heavy atom. The Labute approximate surface area is 403 Å². The fourth-order valence-corrected chi connectivity index (χ4v) is 12.4. The van der Waals surface area contributed by atoms with Crippen molar-refractivity contribution in [2.75, 3.05) is 0 Å². The molecule has 0 atom stereocenters. The molecule has 1 aliphatic rings. The molecule has 0 unspecified atom stereocenters. The predicted molar refractivity (Wildman–Crippen MR) is 286 cm³/mol. The van der Waals surface area contributed by atoms with E-state index in [-0.39, 0.29) is 0 Å². The largest absolute Gasteiger partial charge is 0.309 e. The third-order valence-corrected chi connectivity index (χ3v) is 15.4. The second-order valence-electron chi connectivity index (χ2n) is 17.8. The zero-order chi connectivity index (χ0) is 45.5. The quantitative estimate of drug-likeness (QED) is 0.160. The molecule has 0 aliphatic heterocycles. The van der Waals surface area contributed by atoms with E-state index in [1.54, 1.807) is 11.3 Å². The minimum Gasteiger partial charge on any atom is -0.309 e. The lowest BCUT2D eigenvalue weighted by Crippen LogP contribution is -2.28. The maximum absolute atomic E-state index is 5.49. The van der Waals surface area contributed by atoms with Crippen molar-refractivity contribution in [3.8, 4) is 62.1 Å². The van der Waals surface area contributed by atoms with Crippen LogP contribution < -0.4 is 0 Å². The first-order valence-corrected chi connectivity index (χ1v) is 24.2. The van der Waals surface area contributed by atoms with Gasteiger partial charge < -0.3 is 4.57 Å². The minimum atomic E-state index is -0.554. The van der Waals surface area contributed by atoms with E-state index in [0.29, 0.717) is 17.5 Å². The molecule has 10 aromatic carbocycles. The van der Waals surface area contributed by atoms with Crippen molar-refractivity contribution >= 4 is 53.3 Å². The maximum atomic E-state index is 5.49. The fraction of sp³-hybridized carbons (Fsp3) is 0.0156. The van der Waals surface area contributed by atoms with Crippen LogP contribution in [-0.4, -0.2) is 19.5 Å². The molecule has 0 fully saturated rings. The summed E-state index contributed by atoms with van der Waals surface area (Å²) in [6.07, 6.45) is 0. The Kier molecular flexibility index (Phi) is 8.95. The molecule has 322 valence electrons. The lowest BCUT2D eigenvalue weighted by Gasteiger charge is -2.33. The van der Waals surface area contributed by atoms with Crippen molar-refractivity contribution in [2.45, 2.75) is 5.41 Å². The number of rotatable bonds is 7. The molecule has 13 aromatic rings. The molecule has 0 N–H and O–H groups in total. The summed E-state index contributed by atoms with van der Waals surface area (Å²) in [5.41, 5.74) is 15.3. The maximum Gasteiger partial charge on any atom is 0.165 e. The van der Waals surface area contributed by atoms with Crippen LogP contribution in [0.5, 0.6) is 0 Å². The van der Waals surface area contributed by atoms with Crippen molar-refractivity contribution in [3.63, 3.8) is 0 Å². The van der Waals surface area contributed by atoms with Crippen molar-refractivity contribution in [1.29, 1.82) is 0 Å². The molecule has 0 amide bonds. The van der Waals surface area contributed by atoms with Crippen molar-refractivity contribution in [2.24, 2.45) is 0 Å². The smallest absolute Gasteiger partial charge is 0.165 e. The lowest BCUT2D eigenvalue weighted by molar-refractivity contribution is 0.768. The van der Waals surface area contributed by atoms with Crippen LogP contribution in [0.15, 0.2) is 243 Å². The number of aromatic nitrogens is 4. The van der Waals surface area contributed by atoms with Gasteiger partial charge in [0.25, 0.3) is 0 Å². The zero-order valence-electron chi connectivity index (χ0n) is 37.3. The molecule has 69 heavy (non-hydrogen) atoms. The van der Waals surface area contributed by atoms with Gasteiger partial charge in [-0.3, -0.25) is 0 Å². The third-order valence-electron chi connectivity index (χ3n) is 14.2. The highest BCUT2D eigenvalue weighted by Crippen LogP contribution is 2.58. The Morgan fingerprint density at radius 3 is 1.67 bits per heavy atom. The molecule has 1 aliphatic carbocycles. The van der Waals surface area contributed by atoms with Crippen molar-refractivity contribution < 1.29 is 0 Å². The van der Waals surface area contributed by atoms with Crippen LogP contribution in [-0.2, 0) is 5.41 Å².